The van der Waals surface area contributed by atoms with E-state index in [4.69, 9.17) is 0 Å². The third-order valence-electron chi connectivity index (χ3n) is 3.75. The van der Waals surface area contributed by atoms with Crippen molar-refractivity contribution < 1.29 is 0 Å². The van der Waals surface area contributed by atoms with Crippen molar-refractivity contribution in [3.63, 3.8) is 0 Å². The molecule has 0 saturated carbocycles. The Balaban J connectivity index is 2.00. The molecule has 1 aromatic rings. The van der Waals surface area contributed by atoms with Crippen LogP contribution >= 0.6 is 0 Å². The Morgan fingerprint density at radius 3 is 3.00 bits per heavy atom. The normalized spacial score (nSPS) is 20.9. The summed E-state index contributed by atoms with van der Waals surface area (Å²) in [5.74, 6) is 1.00. The largest absolute Gasteiger partial charge is 0.370 e. The summed E-state index contributed by atoms with van der Waals surface area (Å²) >= 11 is 0. The summed E-state index contributed by atoms with van der Waals surface area (Å²) < 4.78 is 0. The maximum atomic E-state index is 4.67. The summed E-state index contributed by atoms with van der Waals surface area (Å²) in [5.41, 5.74) is 1.19. The first-order chi connectivity index (χ1) is 8.83. The first kappa shape index (κ1) is 13.3. The number of piperidine rings is 1. The van der Waals surface area contributed by atoms with Gasteiger partial charge in [0.25, 0.3) is 0 Å². The molecule has 0 aliphatic carbocycles. The minimum atomic E-state index is 0.753. The topological polar surface area (TPSA) is 28.2 Å². The van der Waals surface area contributed by atoms with Gasteiger partial charge in [-0.25, -0.2) is 4.98 Å². The predicted octanol–water partition coefficient (Wildman–Crippen LogP) is 3.28. The molecule has 1 saturated heterocycles. The summed E-state index contributed by atoms with van der Waals surface area (Å²) in [5, 5.41) is 3.28. The van der Waals surface area contributed by atoms with Crippen molar-refractivity contribution in [3.8, 4) is 0 Å². The van der Waals surface area contributed by atoms with Gasteiger partial charge < -0.3 is 5.32 Å². The lowest BCUT2D eigenvalue weighted by Crippen LogP contribution is -2.38. The smallest absolute Gasteiger partial charge is 0.126 e. The molecule has 1 aromatic heterocycles. The summed E-state index contributed by atoms with van der Waals surface area (Å²) in [4.78, 5) is 7.27. The van der Waals surface area contributed by atoms with E-state index in [2.05, 4.69) is 41.2 Å². The van der Waals surface area contributed by atoms with E-state index >= 15 is 0 Å². The lowest BCUT2D eigenvalue weighted by Gasteiger charge is -2.34. The zero-order chi connectivity index (χ0) is 12.8. The van der Waals surface area contributed by atoms with Crippen LogP contribution in [0, 0.1) is 0 Å². The van der Waals surface area contributed by atoms with Crippen LogP contribution in [0.4, 0.5) is 5.82 Å². The predicted molar refractivity (Wildman–Crippen MR) is 76.7 cm³/mol. The monoisotopic (exact) mass is 247 g/mol. The Morgan fingerprint density at radius 1 is 1.33 bits per heavy atom. The van der Waals surface area contributed by atoms with Gasteiger partial charge in [0, 0.05) is 19.1 Å². The number of pyridine rings is 1. The molecule has 1 aliphatic rings. The van der Waals surface area contributed by atoms with Gasteiger partial charge in [-0.15, -0.1) is 0 Å². The van der Waals surface area contributed by atoms with Crippen LogP contribution in [-0.4, -0.2) is 29.0 Å². The van der Waals surface area contributed by atoms with Crippen LogP contribution in [0.25, 0.3) is 0 Å². The average molecular weight is 247 g/mol. The molecule has 1 N–H and O–H groups in total. The molecule has 2 rings (SSSR count). The maximum Gasteiger partial charge on any atom is 0.126 e. The van der Waals surface area contributed by atoms with E-state index in [0.29, 0.717) is 0 Å². The molecule has 0 amide bonds. The highest BCUT2D eigenvalue weighted by molar-refractivity contribution is 5.34. The first-order valence-corrected chi connectivity index (χ1v) is 7.27. The molecule has 3 heteroatoms. The fourth-order valence-corrected chi connectivity index (χ4v) is 2.79. The Hall–Kier alpha value is -1.09. The number of aromatic nitrogens is 1. The molecule has 1 unspecified atom stereocenters. The molecule has 1 aliphatic heterocycles. The van der Waals surface area contributed by atoms with Crippen LogP contribution in [0.15, 0.2) is 18.2 Å². The van der Waals surface area contributed by atoms with E-state index in [0.717, 1.165) is 24.9 Å². The van der Waals surface area contributed by atoms with E-state index in [-0.39, 0.29) is 0 Å². The highest BCUT2D eigenvalue weighted by Gasteiger charge is 2.20. The number of anilines is 1. The van der Waals surface area contributed by atoms with Gasteiger partial charge in [0.2, 0.25) is 0 Å². The van der Waals surface area contributed by atoms with Crippen molar-refractivity contribution in [2.75, 3.05) is 18.4 Å². The molecule has 1 atom stereocenters. The molecule has 1 fully saturated rings. The molecule has 3 nitrogen and oxygen atoms in total. The number of rotatable bonds is 5. The first-order valence-electron chi connectivity index (χ1n) is 7.27. The standard InChI is InChI=1S/C15H25N3/c1-3-14-9-5-6-11-18(14)12-13-8-7-10-15(17-13)16-4-2/h7-8,10,14H,3-6,9,11-12H2,1-2H3,(H,16,17). The second-order valence-corrected chi connectivity index (χ2v) is 5.07. The van der Waals surface area contributed by atoms with E-state index in [1.807, 2.05) is 6.07 Å². The van der Waals surface area contributed by atoms with Gasteiger partial charge in [0.05, 0.1) is 5.69 Å². The molecule has 100 valence electrons. The van der Waals surface area contributed by atoms with Gasteiger partial charge in [-0.3, -0.25) is 4.90 Å². The van der Waals surface area contributed by atoms with E-state index in [9.17, 15) is 0 Å². The maximum absolute atomic E-state index is 4.67. The molecule has 0 spiro atoms. The van der Waals surface area contributed by atoms with E-state index in [1.54, 1.807) is 0 Å². The van der Waals surface area contributed by atoms with Crippen LogP contribution in [0.2, 0.25) is 0 Å². The highest BCUT2D eigenvalue weighted by Crippen LogP contribution is 2.21. The molecule has 0 radical (unpaired) electrons. The quantitative estimate of drug-likeness (QED) is 0.865. The fourth-order valence-electron chi connectivity index (χ4n) is 2.79. The summed E-state index contributed by atoms with van der Waals surface area (Å²) in [7, 11) is 0. The van der Waals surface area contributed by atoms with Crippen molar-refractivity contribution in [1.29, 1.82) is 0 Å². The Labute approximate surface area is 111 Å². The van der Waals surface area contributed by atoms with Crippen molar-refractivity contribution in [2.45, 2.75) is 52.1 Å². The molecule has 18 heavy (non-hydrogen) atoms. The number of nitrogens with one attached hydrogen (secondary N) is 1. The average Bonchev–Trinajstić information content (AvgIpc) is 2.40. The van der Waals surface area contributed by atoms with Crippen molar-refractivity contribution in [3.05, 3.63) is 23.9 Å². The third kappa shape index (κ3) is 3.45. The summed E-state index contributed by atoms with van der Waals surface area (Å²) in [6.45, 7) is 7.55. The minimum absolute atomic E-state index is 0.753. The van der Waals surface area contributed by atoms with Gasteiger partial charge in [0.15, 0.2) is 0 Å². The molecule has 2 heterocycles. The lowest BCUT2D eigenvalue weighted by molar-refractivity contribution is 0.134. The zero-order valence-corrected chi connectivity index (χ0v) is 11.7. The summed E-state index contributed by atoms with van der Waals surface area (Å²) in [6, 6.07) is 7.04. The Bertz CT molecular complexity index is 365. The third-order valence-corrected chi connectivity index (χ3v) is 3.75. The van der Waals surface area contributed by atoms with Crippen LogP contribution in [0.5, 0.6) is 0 Å². The zero-order valence-electron chi connectivity index (χ0n) is 11.7. The van der Waals surface area contributed by atoms with Crippen molar-refractivity contribution >= 4 is 5.82 Å². The Morgan fingerprint density at radius 2 is 2.22 bits per heavy atom. The van der Waals surface area contributed by atoms with Crippen LogP contribution in [-0.2, 0) is 6.54 Å². The molecule has 0 aromatic carbocycles. The SMILES string of the molecule is CCNc1cccc(CN2CCCCC2CC)n1. The summed E-state index contributed by atoms with van der Waals surface area (Å²) in [6.07, 6.45) is 5.33. The van der Waals surface area contributed by atoms with Crippen molar-refractivity contribution in [1.82, 2.24) is 9.88 Å². The Kier molecular flexibility index (Phi) is 5.00. The molecule has 0 bridgehead atoms. The highest BCUT2D eigenvalue weighted by atomic mass is 15.2. The number of hydrogen-bond donors (Lipinski definition) is 1. The number of nitrogens with zero attached hydrogens (tertiary/aromatic N) is 2. The lowest BCUT2D eigenvalue weighted by atomic mass is 10.00. The molecular weight excluding hydrogens is 222 g/mol. The van der Waals surface area contributed by atoms with Crippen LogP contribution in [0.1, 0.15) is 45.2 Å². The van der Waals surface area contributed by atoms with E-state index < -0.39 is 0 Å². The second kappa shape index (κ2) is 6.74. The second-order valence-electron chi connectivity index (χ2n) is 5.07. The van der Waals surface area contributed by atoms with Crippen LogP contribution in [0.3, 0.4) is 0 Å². The van der Waals surface area contributed by atoms with Gasteiger partial charge in [-0.1, -0.05) is 19.4 Å². The van der Waals surface area contributed by atoms with E-state index in [1.165, 1.54) is 37.9 Å². The van der Waals surface area contributed by atoms with Crippen molar-refractivity contribution in [2.24, 2.45) is 0 Å². The van der Waals surface area contributed by atoms with Gasteiger partial charge in [-0.2, -0.15) is 0 Å². The number of hydrogen-bond acceptors (Lipinski definition) is 3. The van der Waals surface area contributed by atoms with Gasteiger partial charge in [-0.05, 0) is 44.9 Å². The molecular formula is C15H25N3. The number of likely N-dealkylation sites (tertiary alicyclic amines) is 1. The van der Waals surface area contributed by atoms with Crippen LogP contribution < -0.4 is 5.32 Å². The van der Waals surface area contributed by atoms with Gasteiger partial charge >= 0.3 is 0 Å². The minimum Gasteiger partial charge on any atom is -0.370 e. The van der Waals surface area contributed by atoms with Gasteiger partial charge in [0.1, 0.15) is 5.82 Å². The fraction of sp³-hybridized carbons (Fsp3) is 0.667.